The van der Waals surface area contributed by atoms with Crippen molar-refractivity contribution in [3.05, 3.63) is 23.5 Å². The van der Waals surface area contributed by atoms with Gasteiger partial charge in [0.1, 0.15) is 23.8 Å². The first-order chi connectivity index (χ1) is 10.2. The summed E-state index contributed by atoms with van der Waals surface area (Å²) in [5.74, 6) is 8.98. The molecule has 112 valence electrons. The van der Waals surface area contributed by atoms with E-state index in [9.17, 15) is 0 Å². The van der Waals surface area contributed by atoms with E-state index in [2.05, 4.69) is 37.0 Å². The highest BCUT2D eigenvalue weighted by molar-refractivity contribution is 5.58. The first-order valence-corrected chi connectivity index (χ1v) is 7.18. The molecule has 3 rings (SSSR count). The summed E-state index contributed by atoms with van der Waals surface area (Å²) >= 11 is 0. The average Bonchev–Trinajstić information content (AvgIpc) is 2.96. The Hall–Kier alpha value is -2.22. The molecule has 2 aromatic heterocycles. The van der Waals surface area contributed by atoms with E-state index in [1.54, 1.807) is 6.33 Å². The number of nitrogens with two attached hydrogens (primary N) is 1. The van der Waals surface area contributed by atoms with Crippen LogP contribution in [0.15, 0.2) is 6.33 Å². The van der Waals surface area contributed by atoms with Gasteiger partial charge in [-0.1, -0.05) is 6.92 Å². The first-order valence-electron chi connectivity index (χ1n) is 7.18. The third kappa shape index (κ3) is 2.54. The van der Waals surface area contributed by atoms with Crippen LogP contribution < -0.4 is 16.2 Å². The lowest BCUT2D eigenvalue weighted by molar-refractivity contribution is 0.554. The second-order valence-corrected chi connectivity index (χ2v) is 5.19. The van der Waals surface area contributed by atoms with Crippen molar-refractivity contribution in [3.8, 4) is 0 Å². The predicted molar refractivity (Wildman–Crippen MR) is 79.6 cm³/mol. The minimum Gasteiger partial charge on any atom is -0.347 e. The molecule has 21 heavy (non-hydrogen) atoms. The largest absolute Gasteiger partial charge is 0.347 e. The molecule has 0 amide bonds. The average molecular weight is 288 g/mol. The van der Waals surface area contributed by atoms with Gasteiger partial charge in [0.2, 0.25) is 0 Å². The number of anilines is 2. The van der Waals surface area contributed by atoms with Crippen LogP contribution >= 0.6 is 0 Å². The van der Waals surface area contributed by atoms with Crippen LogP contribution in [0.5, 0.6) is 0 Å². The lowest BCUT2D eigenvalue weighted by atomic mass is 10.2. The van der Waals surface area contributed by atoms with Crippen LogP contribution in [0.25, 0.3) is 0 Å². The van der Waals surface area contributed by atoms with Gasteiger partial charge in [-0.25, -0.2) is 15.8 Å². The molecule has 0 spiro atoms. The lowest BCUT2D eigenvalue weighted by Crippen LogP contribution is -2.35. The number of aromatic nitrogens is 5. The highest BCUT2D eigenvalue weighted by atomic mass is 15.3. The van der Waals surface area contributed by atoms with Crippen molar-refractivity contribution in [2.24, 2.45) is 5.84 Å². The minimum absolute atomic E-state index is 0.690. The molecule has 0 unspecified atom stereocenters. The van der Waals surface area contributed by atoms with Gasteiger partial charge in [0.15, 0.2) is 5.82 Å². The standard InChI is InChI=1S/C13H20N8/c1-3-4-10-16-12(18-14)9(2)13(17-10)20-5-6-21-8-15-19-11(21)7-20/h8H,3-7,14H2,1-2H3,(H,16,17,18). The SMILES string of the molecule is CCCc1nc(NN)c(C)c(N2CCn3cnnc3C2)n1. The van der Waals surface area contributed by atoms with Crippen LogP contribution in [0.4, 0.5) is 11.6 Å². The van der Waals surface area contributed by atoms with E-state index in [-0.39, 0.29) is 0 Å². The van der Waals surface area contributed by atoms with Crippen LogP contribution in [0.3, 0.4) is 0 Å². The quantitative estimate of drug-likeness (QED) is 0.629. The van der Waals surface area contributed by atoms with Gasteiger partial charge in [-0.15, -0.1) is 10.2 Å². The molecular formula is C13H20N8. The van der Waals surface area contributed by atoms with Gasteiger partial charge in [0.05, 0.1) is 6.54 Å². The molecule has 2 aromatic rings. The van der Waals surface area contributed by atoms with Crippen molar-refractivity contribution in [3.63, 3.8) is 0 Å². The Bertz CT molecular complexity index is 635. The summed E-state index contributed by atoms with van der Waals surface area (Å²) in [7, 11) is 0. The van der Waals surface area contributed by atoms with Crippen molar-refractivity contribution in [2.45, 2.75) is 39.8 Å². The monoisotopic (exact) mass is 288 g/mol. The summed E-state index contributed by atoms with van der Waals surface area (Å²) in [6, 6.07) is 0. The van der Waals surface area contributed by atoms with Crippen LogP contribution in [-0.4, -0.2) is 31.3 Å². The molecule has 3 N–H and O–H groups in total. The highest BCUT2D eigenvalue weighted by Crippen LogP contribution is 2.26. The third-order valence-corrected chi connectivity index (χ3v) is 3.72. The zero-order valence-electron chi connectivity index (χ0n) is 12.4. The number of nitrogens with zero attached hydrogens (tertiary/aromatic N) is 6. The number of aryl methyl sites for hydroxylation is 1. The maximum absolute atomic E-state index is 5.59. The summed E-state index contributed by atoms with van der Waals surface area (Å²) < 4.78 is 2.07. The van der Waals surface area contributed by atoms with Gasteiger partial charge < -0.3 is 14.9 Å². The molecule has 8 heteroatoms. The van der Waals surface area contributed by atoms with Crippen molar-refractivity contribution >= 4 is 11.6 Å². The zero-order valence-corrected chi connectivity index (χ0v) is 12.4. The Morgan fingerprint density at radius 2 is 2.19 bits per heavy atom. The lowest BCUT2D eigenvalue weighted by Gasteiger charge is -2.29. The molecule has 1 aliphatic rings. The van der Waals surface area contributed by atoms with E-state index in [1.807, 2.05) is 6.92 Å². The van der Waals surface area contributed by atoms with Gasteiger partial charge in [-0.2, -0.15) is 0 Å². The summed E-state index contributed by atoms with van der Waals surface area (Å²) in [5, 5.41) is 8.11. The fraction of sp³-hybridized carbons (Fsp3) is 0.538. The minimum atomic E-state index is 0.690. The van der Waals surface area contributed by atoms with Crippen molar-refractivity contribution in [1.82, 2.24) is 24.7 Å². The second-order valence-electron chi connectivity index (χ2n) is 5.19. The number of nitrogens with one attached hydrogen (secondary N) is 1. The molecule has 0 radical (unpaired) electrons. The molecule has 3 heterocycles. The zero-order chi connectivity index (χ0) is 14.8. The molecule has 0 saturated carbocycles. The van der Waals surface area contributed by atoms with E-state index in [4.69, 9.17) is 10.8 Å². The Labute approximate surface area is 123 Å². The summed E-state index contributed by atoms with van der Waals surface area (Å²) in [4.78, 5) is 11.4. The van der Waals surface area contributed by atoms with Gasteiger partial charge >= 0.3 is 0 Å². The highest BCUT2D eigenvalue weighted by Gasteiger charge is 2.22. The number of hydrazine groups is 1. The van der Waals surface area contributed by atoms with Crippen molar-refractivity contribution < 1.29 is 0 Å². The summed E-state index contributed by atoms with van der Waals surface area (Å²) in [6.07, 6.45) is 3.61. The topological polar surface area (TPSA) is 97.8 Å². The third-order valence-electron chi connectivity index (χ3n) is 3.72. The van der Waals surface area contributed by atoms with E-state index in [0.29, 0.717) is 12.4 Å². The Morgan fingerprint density at radius 3 is 2.95 bits per heavy atom. The smallest absolute Gasteiger partial charge is 0.152 e. The van der Waals surface area contributed by atoms with Gasteiger partial charge in [-0.05, 0) is 13.3 Å². The fourth-order valence-corrected chi connectivity index (χ4v) is 2.58. The number of nitrogen functional groups attached to an aromatic ring is 1. The second kappa shape index (κ2) is 5.65. The fourth-order valence-electron chi connectivity index (χ4n) is 2.58. The molecule has 0 aromatic carbocycles. The van der Waals surface area contributed by atoms with Gasteiger partial charge in [0.25, 0.3) is 0 Å². The van der Waals surface area contributed by atoms with E-state index < -0.39 is 0 Å². The number of fused-ring (bicyclic) bond motifs is 1. The van der Waals surface area contributed by atoms with Crippen LogP contribution in [0, 0.1) is 6.92 Å². The molecule has 0 fully saturated rings. The summed E-state index contributed by atoms with van der Waals surface area (Å²) in [6.45, 7) is 6.54. The maximum atomic E-state index is 5.59. The van der Waals surface area contributed by atoms with Crippen LogP contribution in [0.1, 0.15) is 30.6 Å². The molecule has 0 saturated heterocycles. The molecule has 0 aliphatic carbocycles. The van der Waals surface area contributed by atoms with Crippen molar-refractivity contribution in [2.75, 3.05) is 16.9 Å². The molecular weight excluding hydrogens is 268 g/mol. The molecule has 0 atom stereocenters. The normalized spacial score (nSPS) is 14.1. The number of hydrogen-bond donors (Lipinski definition) is 2. The maximum Gasteiger partial charge on any atom is 0.152 e. The predicted octanol–water partition coefficient (Wildman–Crippen LogP) is 0.635. The van der Waals surface area contributed by atoms with E-state index in [1.165, 1.54) is 0 Å². The number of rotatable bonds is 4. The Kier molecular flexibility index (Phi) is 3.70. The first kappa shape index (κ1) is 13.7. The Morgan fingerprint density at radius 1 is 1.33 bits per heavy atom. The Balaban J connectivity index is 1.96. The van der Waals surface area contributed by atoms with E-state index in [0.717, 1.165) is 49.0 Å². The van der Waals surface area contributed by atoms with Crippen molar-refractivity contribution in [1.29, 1.82) is 0 Å². The summed E-state index contributed by atoms with van der Waals surface area (Å²) in [5.41, 5.74) is 3.64. The number of hydrogen-bond acceptors (Lipinski definition) is 7. The molecule has 8 nitrogen and oxygen atoms in total. The van der Waals surface area contributed by atoms with E-state index >= 15 is 0 Å². The van der Waals surface area contributed by atoms with Crippen LogP contribution in [-0.2, 0) is 19.5 Å². The molecule has 0 bridgehead atoms. The van der Waals surface area contributed by atoms with Gasteiger partial charge in [-0.3, -0.25) is 0 Å². The van der Waals surface area contributed by atoms with Gasteiger partial charge in [0, 0.05) is 25.1 Å². The van der Waals surface area contributed by atoms with Crippen LogP contribution in [0.2, 0.25) is 0 Å². The molecule has 1 aliphatic heterocycles.